The minimum Gasteiger partial charge on any atom is -0.342 e. The lowest BCUT2D eigenvalue weighted by molar-refractivity contribution is -0.130. The van der Waals surface area contributed by atoms with Crippen LogP contribution in [0.1, 0.15) is 30.0 Å². The average Bonchev–Trinajstić information content (AvgIpc) is 3.33. The van der Waals surface area contributed by atoms with Crippen molar-refractivity contribution in [1.82, 2.24) is 24.6 Å². The monoisotopic (exact) mass is 382 g/mol. The molecule has 0 radical (unpaired) electrons. The van der Waals surface area contributed by atoms with Crippen molar-refractivity contribution < 1.29 is 9.18 Å². The first-order valence-electron chi connectivity index (χ1n) is 9.56. The SMILES string of the molecule is NCCn1nc(C2CCN(C(=O)CCc3ccccc3F)C2)c2nccnc21. The lowest BCUT2D eigenvalue weighted by Gasteiger charge is -2.16. The molecule has 28 heavy (non-hydrogen) atoms. The van der Waals surface area contributed by atoms with Crippen LogP contribution in [0.15, 0.2) is 36.7 Å². The van der Waals surface area contributed by atoms with Crippen molar-refractivity contribution in [2.24, 2.45) is 5.73 Å². The van der Waals surface area contributed by atoms with E-state index in [1.807, 2.05) is 4.90 Å². The van der Waals surface area contributed by atoms with Crippen molar-refractivity contribution >= 4 is 17.1 Å². The molecule has 2 N–H and O–H groups in total. The molecule has 0 spiro atoms. The van der Waals surface area contributed by atoms with E-state index in [9.17, 15) is 9.18 Å². The van der Waals surface area contributed by atoms with Crippen LogP contribution in [0.5, 0.6) is 0 Å². The van der Waals surface area contributed by atoms with Gasteiger partial charge in [-0.3, -0.25) is 4.79 Å². The third kappa shape index (κ3) is 3.60. The molecule has 4 rings (SSSR count). The van der Waals surface area contributed by atoms with Gasteiger partial charge in [-0.05, 0) is 24.5 Å². The van der Waals surface area contributed by atoms with Crippen molar-refractivity contribution in [2.75, 3.05) is 19.6 Å². The number of nitrogens with zero attached hydrogens (tertiary/aromatic N) is 5. The maximum atomic E-state index is 13.8. The van der Waals surface area contributed by atoms with Crippen LogP contribution in [0.4, 0.5) is 4.39 Å². The lowest BCUT2D eigenvalue weighted by Crippen LogP contribution is -2.28. The Morgan fingerprint density at radius 3 is 2.89 bits per heavy atom. The van der Waals surface area contributed by atoms with Gasteiger partial charge in [0, 0.05) is 44.4 Å². The lowest BCUT2D eigenvalue weighted by atomic mass is 10.0. The zero-order valence-electron chi connectivity index (χ0n) is 15.6. The van der Waals surface area contributed by atoms with Gasteiger partial charge in [-0.25, -0.2) is 19.0 Å². The number of likely N-dealkylation sites (tertiary alicyclic amines) is 1. The average molecular weight is 382 g/mol. The van der Waals surface area contributed by atoms with Crippen molar-refractivity contribution in [3.05, 3.63) is 53.7 Å². The maximum Gasteiger partial charge on any atom is 0.222 e. The quantitative estimate of drug-likeness (QED) is 0.703. The molecule has 2 aromatic heterocycles. The number of rotatable bonds is 6. The van der Waals surface area contributed by atoms with E-state index >= 15 is 0 Å². The number of aromatic nitrogens is 4. The summed E-state index contributed by atoms with van der Waals surface area (Å²) in [5.74, 6) is -0.0942. The summed E-state index contributed by atoms with van der Waals surface area (Å²) >= 11 is 0. The Labute approximate surface area is 162 Å². The first-order valence-corrected chi connectivity index (χ1v) is 9.56. The second-order valence-corrected chi connectivity index (χ2v) is 7.04. The van der Waals surface area contributed by atoms with E-state index in [0.717, 1.165) is 23.3 Å². The zero-order valence-corrected chi connectivity index (χ0v) is 15.6. The van der Waals surface area contributed by atoms with E-state index in [2.05, 4.69) is 15.1 Å². The Hall–Kier alpha value is -2.87. The minimum atomic E-state index is -0.259. The molecule has 1 saturated heterocycles. The molecule has 0 bridgehead atoms. The van der Waals surface area contributed by atoms with Gasteiger partial charge in [-0.15, -0.1) is 0 Å². The van der Waals surface area contributed by atoms with Crippen molar-refractivity contribution in [2.45, 2.75) is 31.7 Å². The third-order valence-corrected chi connectivity index (χ3v) is 5.23. The van der Waals surface area contributed by atoms with E-state index in [-0.39, 0.29) is 17.6 Å². The van der Waals surface area contributed by atoms with E-state index in [1.165, 1.54) is 6.07 Å². The van der Waals surface area contributed by atoms with Gasteiger partial charge in [-0.2, -0.15) is 5.10 Å². The summed E-state index contributed by atoms with van der Waals surface area (Å²) in [5.41, 5.74) is 8.64. The molecule has 1 fully saturated rings. The van der Waals surface area contributed by atoms with Crippen molar-refractivity contribution in [3.63, 3.8) is 0 Å². The molecule has 3 aromatic rings. The van der Waals surface area contributed by atoms with Gasteiger partial charge >= 0.3 is 0 Å². The second kappa shape index (κ2) is 8.02. The van der Waals surface area contributed by atoms with Gasteiger partial charge < -0.3 is 10.6 Å². The van der Waals surface area contributed by atoms with Crippen LogP contribution in [0.2, 0.25) is 0 Å². The maximum absolute atomic E-state index is 13.8. The fraction of sp³-hybridized carbons (Fsp3) is 0.400. The molecule has 1 aliphatic rings. The Bertz CT molecular complexity index is 988. The van der Waals surface area contributed by atoms with Gasteiger partial charge in [0.2, 0.25) is 5.91 Å². The number of nitrogens with two attached hydrogens (primary N) is 1. The summed E-state index contributed by atoms with van der Waals surface area (Å²) in [6.07, 6.45) is 4.85. The molecular formula is C20H23FN6O. The molecule has 1 atom stereocenters. The highest BCUT2D eigenvalue weighted by atomic mass is 19.1. The van der Waals surface area contributed by atoms with E-state index in [0.29, 0.717) is 44.6 Å². The van der Waals surface area contributed by atoms with Gasteiger partial charge in [0.15, 0.2) is 5.65 Å². The van der Waals surface area contributed by atoms with Gasteiger partial charge in [0.1, 0.15) is 11.3 Å². The molecule has 7 nitrogen and oxygen atoms in total. The smallest absolute Gasteiger partial charge is 0.222 e. The first-order chi connectivity index (χ1) is 13.7. The fourth-order valence-electron chi connectivity index (χ4n) is 3.79. The van der Waals surface area contributed by atoms with Crippen molar-refractivity contribution in [1.29, 1.82) is 0 Å². The van der Waals surface area contributed by atoms with Crippen molar-refractivity contribution in [3.8, 4) is 0 Å². The predicted molar refractivity (Wildman–Crippen MR) is 103 cm³/mol. The van der Waals surface area contributed by atoms with Crippen LogP contribution < -0.4 is 5.73 Å². The largest absolute Gasteiger partial charge is 0.342 e. The molecule has 8 heteroatoms. The highest BCUT2D eigenvalue weighted by Crippen LogP contribution is 2.30. The number of hydrogen-bond donors (Lipinski definition) is 1. The van der Waals surface area contributed by atoms with E-state index in [1.54, 1.807) is 35.3 Å². The predicted octanol–water partition coefficient (Wildman–Crippen LogP) is 1.87. The molecule has 1 aromatic carbocycles. The molecule has 3 heterocycles. The first kappa shape index (κ1) is 18.5. The highest BCUT2D eigenvalue weighted by molar-refractivity contribution is 5.78. The normalized spacial score (nSPS) is 16.8. The summed E-state index contributed by atoms with van der Waals surface area (Å²) in [5, 5.41) is 4.68. The molecule has 1 amide bonds. The van der Waals surface area contributed by atoms with Gasteiger partial charge in [0.25, 0.3) is 0 Å². The van der Waals surface area contributed by atoms with Crippen LogP contribution >= 0.6 is 0 Å². The molecular weight excluding hydrogens is 359 g/mol. The Morgan fingerprint density at radius 2 is 2.07 bits per heavy atom. The van der Waals surface area contributed by atoms with E-state index in [4.69, 9.17) is 5.73 Å². The number of carbonyl (C=O) groups is 1. The van der Waals surface area contributed by atoms with Crippen LogP contribution in [0.3, 0.4) is 0 Å². The van der Waals surface area contributed by atoms with Gasteiger partial charge in [0.05, 0.1) is 12.2 Å². The molecule has 1 aliphatic heterocycles. The van der Waals surface area contributed by atoms with E-state index < -0.39 is 0 Å². The van der Waals surface area contributed by atoms with Crippen LogP contribution in [-0.2, 0) is 17.8 Å². The minimum absolute atomic E-state index is 0.0440. The highest BCUT2D eigenvalue weighted by Gasteiger charge is 2.31. The Balaban J connectivity index is 1.45. The molecule has 1 unspecified atom stereocenters. The fourth-order valence-corrected chi connectivity index (χ4v) is 3.79. The number of fused-ring (bicyclic) bond motifs is 1. The second-order valence-electron chi connectivity index (χ2n) is 7.04. The van der Waals surface area contributed by atoms with Gasteiger partial charge in [-0.1, -0.05) is 18.2 Å². The summed E-state index contributed by atoms with van der Waals surface area (Å²) in [4.78, 5) is 23.3. The Kier molecular flexibility index (Phi) is 5.29. The summed E-state index contributed by atoms with van der Waals surface area (Å²) < 4.78 is 15.5. The number of carbonyl (C=O) groups excluding carboxylic acids is 1. The van der Waals surface area contributed by atoms with Crippen LogP contribution in [0, 0.1) is 5.82 Å². The zero-order chi connectivity index (χ0) is 19.5. The molecule has 146 valence electrons. The topological polar surface area (TPSA) is 89.9 Å². The number of aryl methyl sites for hydroxylation is 1. The number of benzene rings is 1. The Morgan fingerprint density at radius 1 is 1.25 bits per heavy atom. The third-order valence-electron chi connectivity index (χ3n) is 5.23. The number of hydrogen-bond acceptors (Lipinski definition) is 5. The molecule has 0 saturated carbocycles. The summed E-state index contributed by atoms with van der Waals surface area (Å²) in [7, 11) is 0. The number of amides is 1. The van der Waals surface area contributed by atoms with Crippen LogP contribution in [-0.4, -0.2) is 50.2 Å². The van der Waals surface area contributed by atoms with Crippen LogP contribution in [0.25, 0.3) is 11.2 Å². The molecule has 0 aliphatic carbocycles. The summed E-state index contributed by atoms with van der Waals surface area (Å²) in [6, 6.07) is 6.60. The summed E-state index contributed by atoms with van der Waals surface area (Å²) in [6.45, 7) is 2.32. The number of halogens is 1. The standard InChI is InChI=1S/C20H23FN6O/c21-16-4-2-1-3-14(16)5-6-17(28)26-11-7-15(13-26)18-19-20(24-10-9-23-19)27(25-18)12-8-22/h1-4,9-10,15H,5-8,11-13,22H2.